The summed E-state index contributed by atoms with van der Waals surface area (Å²) in [5.74, 6) is -0.726. The number of benzene rings is 3. The number of carbonyl (C=O) groups excluding carboxylic acids is 1. The van der Waals surface area contributed by atoms with Crippen molar-refractivity contribution in [2.75, 3.05) is 31.5 Å². The molecule has 0 spiro atoms. The summed E-state index contributed by atoms with van der Waals surface area (Å²) in [6, 6.07) is 21.0. The fourth-order valence-corrected chi connectivity index (χ4v) is 4.87. The zero-order valence-corrected chi connectivity index (χ0v) is 22.7. The first-order valence-corrected chi connectivity index (χ1v) is 13.2. The van der Waals surface area contributed by atoms with E-state index in [4.69, 9.17) is 14.9 Å². The number of guanidine groups is 1. The van der Waals surface area contributed by atoms with Crippen molar-refractivity contribution in [1.82, 2.24) is 20.4 Å². The molecular formula is C30H32FN7O3. The van der Waals surface area contributed by atoms with Gasteiger partial charge in [0.25, 0.3) is 5.97 Å². The van der Waals surface area contributed by atoms with Gasteiger partial charge in [0.1, 0.15) is 5.82 Å². The Morgan fingerprint density at radius 3 is 2.51 bits per heavy atom. The van der Waals surface area contributed by atoms with E-state index < -0.39 is 5.97 Å². The average Bonchev–Trinajstić information content (AvgIpc) is 2.98. The van der Waals surface area contributed by atoms with E-state index >= 15 is 0 Å². The molecule has 0 saturated carbocycles. The van der Waals surface area contributed by atoms with Crippen molar-refractivity contribution in [3.8, 4) is 6.19 Å². The van der Waals surface area contributed by atoms with Crippen LogP contribution in [0.3, 0.4) is 0 Å². The summed E-state index contributed by atoms with van der Waals surface area (Å²) in [7, 11) is 0. The van der Waals surface area contributed by atoms with Crippen LogP contribution in [0.1, 0.15) is 29.7 Å². The van der Waals surface area contributed by atoms with E-state index in [2.05, 4.69) is 22.0 Å². The third-order valence-corrected chi connectivity index (χ3v) is 6.73. The van der Waals surface area contributed by atoms with Gasteiger partial charge in [-0.05, 0) is 60.0 Å². The van der Waals surface area contributed by atoms with Crippen LogP contribution in [0.15, 0.2) is 77.8 Å². The lowest BCUT2D eigenvalue weighted by Crippen LogP contribution is -2.55. The maximum absolute atomic E-state index is 13.3. The van der Waals surface area contributed by atoms with Crippen LogP contribution in [-0.2, 0) is 17.8 Å². The van der Waals surface area contributed by atoms with Gasteiger partial charge in [0, 0.05) is 38.8 Å². The molecule has 4 N–H and O–H groups in total. The molecule has 3 aromatic carbocycles. The summed E-state index contributed by atoms with van der Waals surface area (Å²) in [4.78, 5) is 31.0. The summed E-state index contributed by atoms with van der Waals surface area (Å²) >= 11 is 0. The molecule has 5 rings (SSSR count). The molecule has 0 radical (unpaired) electrons. The van der Waals surface area contributed by atoms with E-state index in [0.717, 1.165) is 37.7 Å². The second kappa shape index (κ2) is 13.9. The van der Waals surface area contributed by atoms with Crippen LogP contribution in [0.25, 0.3) is 0 Å². The number of anilines is 1. The largest absolute Gasteiger partial charge is 0.481 e. The van der Waals surface area contributed by atoms with Gasteiger partial charge < -0.3 is 25.5 Å². The molecule has 41 heavy (non-hydrogen) atoms. The molecule has 2 aliphatic heterocycles. The number of aliphatic imine (C=N–C) groups is 1. The number of nitriles is 1. The van der Waals surface area contributed by atoms with Crippen molar-refractivity contribution in [3.63, 3.8) is 0 Å². The minimum atomic E-state index is -0.833. The zero-order valence-electron chi connectivity index (χ0n) is 22.7. The molecule has 0 aromatic heterocycles. The fourth-order valence-electron chi connectivity index (χ4n) is 4.87. The number of amides is 2. The number of carbonyl (C=O) groups is 2. The lowest BCUT2D eigenvalue weighted by Gasteiger charge is -2.42. The number of piperazine rings is 1. The minimum absolute atomic E-state index is 0.267. The Morgan fingerprint density at radius 1 is 1.07 bits per heavy atom. The summed E-state index contributed by atoms with van der Waals surface area (Å²) in [6.07, 6.45) is 2.91. The second-order valence-corrected chi connectivity index (χ2v) is 9.54. The smallest absolute Gasteiger partial charge is 0.322 e. The van der Waals surface area contributed by atoms with E-state index in [-0.39, 0.29) is 17.9 Å². The van der Waals surface area contributed by atoms with Crippen LogP contribution in [0, 0.1) is 17.3 Å². The molecule has 11 heteroatoms. The maximum atomic E-state index is 13.3. The first-order valence-electron chi connectivity index (χ1n) is 13.2. The molecular weight excluding hydrogens is 525 g/mol. The van der Waals surface area contributed by atoms with Crippen molar-refractivity contribution in [2.45, 2.75) is 25.9 Å². The molecule has 3 aromatic rings. The number of halogens is 1. The van der Waals surface area contributed by atoms with Crippen LogP contribution in [0.2, 0.25) is 0 Å². The SMILES string of the molecule is CC(=O)O.N#CNC(=Nc1cccc2c1CCNC2)N1CCN(C(=O)Nc2ccc(F)cc2)C(c2ccccc2)C1. The number of urea groups is 1. The molecule has 1 saturated heterocycles. The number of hydrogen-bond donors (Lipinski definition) is 4. The van der Waals surface area contributed by atoms with E-state index in [0.29, 0.717) is 31.3 Å². The van der Waals surface area contributed by atoms with Crippen molar-refractivity contribution in [1.29, 1.82) is 5.26 Å². The first kappa shape index (κ1) is 29.0. The van der Waals surface area contributed by atoms with E-state index in [1.165, 1.54) is 23.3 Å². The number of fused-ring (bicyclic) bond motifs is 1. The second-order valence-electron chi connectivity index (χ2n) is 9.54. The highest BCUT2D eigenvalue weighted by molar-refractivity contribution is 5.90. The zero-order chi connectivity index (χ0) is 29.2. The van der Waals surface area contributed by atoms with Crippen LogP contribution in [0.5, 0.6) is 0 Å². The Bertz CT molecular complexity index is 1420. The first-order chi connectivity index (χ1) is 19.9. The van der Waals surface area contributed by atoms with Gasteiger partial charge in [0.2, 0.25) is 5.96 Å². The number of hydrogen-bond acceptors (Lipinski definition) is 5. The number of carboxylic acids is 1. The Balaban J connectivity index is 0.000000909. The predicted octanol–water partition coefficient (Wildman–Crippen LogP) is 4.21. The van der Waals surface area contributed by atoms with Gasteiger partial charge in [-0.15, -0.1) is 0 Å². The Hall–Kier alpha value is -4.95. The van der Waals surface area contributed by atoms with Crippen LogP contribution >= 0.6 is 0 Å². The number of nitrogens with zero attached hydrogens (tertiary/aromatic N) is 4. The molecule has 1 atom stereocenters. The Morgan fingerprint density at radius 2 is 1.80 bits per heavy atom. The molecule has 2 amide bonds. The molecule has 10 nitrogen and oxygen atoms in total. The molecule has 0 aliphatic carbocycles. The number of aliphatic carboxylic acids is 1. The van der Waals surface area contributed by atoms with Crippen molar-refractivity contribution in [3.05, 3.63) is 95.3 Å². The van der Waals surface area contributed by atoms with Gasteiger partial charge in [-0.1, -0.05) is 42.5 Å². The maximum Gasteiger partial charge on any atom is 0.322 e. The Kier molecular flexibility index (Phi) is 9.85. The topological polar surface area (TPSA) is 133 Å². The quantitative estimate of drug-likeness (QED) is 0.164. The Labute approximate surface area is 238 Å². The van der Waals surface area contributed by atoms with Crippen LogP contribution in [-0.4, -0.2) is 59.0 Å². The van der Waals surface area contributed by atoms with Crippen molar-refractivity contribution < 1.29 is 19.1 Å². The molecule has 1 unspecified atom stereocenters. The summed E-state index contributed by atoms with van der Waals surface area (Å²) < 4.78 is 13.3. The molecule has 212 valence electrons. The lowest BCUT2D eigenvalue weighted by molar-refractivity contribution is -0.134. The monoisotopic (exact) mass is 557 g/mol. The standard InChI is InChI=1S/C28H28FN7O.C2H4O2/c29-22-9-11-23(12-10-22)33-28(37)36-16-15-35(18-26(36)20-5-2-1-3-6-20)27(32-19-30)34-25-8-4-7-21-17-31-14-13-24(21)25;1-2(3)4/h1-12,26,31H,13-18H2,(H,32,34)(H,33,37);1H3,(H,3,4). The van der Waals surface area contributed by atoms with Gasteiger partial charge in [-0.3, -0.25) is 10.1 Å². The highest BCUT2D eigenvalue weighted by Gasteiger charge is 2.33. The van der Waals surface area contributed by atoms with Gasteiger partial charge in [-0.2, -0.15) is 5.26 Å². The predicted molar refractivity (Wildman–Crippen MR) is 154 cm³/mol. The van der Waals surface area contributed by atoms with Gasteiger partial charge in [0.15, 0.2) is 6.19 Å². The van der Waals surface area contributed by atoms with Gasteiger partial charge in [0.05, 0.1) is 11.7 Å². The van der Waals surface area contributed by atoms with Gasteiger partial charge in [-0.25, -0.2) is 14.2 Å². The van der Waals surface area contributed by atoms with Crippen LogP contribution in [0.4, 0.5) is 20.6 Å². The number of carboxylic acid groups (broad SMARTS) is 1. The fraction of sp³-hybridized carbons (Fsp3) is 0.267. The summed E-state index contributed by atoms with van der Waals surface area (Å²) in [5.41, 5.74) is 4.76. The molecule has 1 fully saturated rings. The average molecular weight is 558 g/mol. The summed E-state index contributed by atoms with van der Waals surface area (Å²) in [6.45, 7) is 4.13. The normalized spacial score (nSPS) is 16.4. The van der Waals surface area contributed by atoms with E-state index in [1.807, 2.05) is 53.6 Å². The lowest BCUT2D eigenvalue weighted by atomic mass is 9.99. The highest BCUT2D eigenvalue weighted by Crippen LogP contribution is 2.29. The van der Waals surface area contributed by atoms with E-state index in [9.17, 15) is 14.4 Å². The molecule has 2 aliphatic rings. The number of rotatable bonds is 3. The minimum Gasteiger partial charge on any atom is -0.481 e. The highest BCUT2D eigenvalue weighted by atomic mass is 19.1. The van der Waals surface area contributed by atoms with E-state index in [1.54, 1.807) is 17.0 Å². The van der Waals surface area contributed by atoms with Crippen molar-refractivity contribution in [2.24, 2.45) is 4.99 Å². The summed E-state index contributed by atoms with van der Waals surface area (Å²) in [5, 5.41) is 26.0. The molecule has 2 heterocycles. The third-order valence-electron chi connectivity index (χ3n) is 6.73. The van der Waals surface area contributed by atoms with Crippen LogP contribution < -0.4 is 16.0 Å². The van der Waals surface area contributed by atoms with Crippen molar-refractivity contribution >= 4 is 29.3 Å². The number of nitrogens with one attached hydrogen (secondary N) is 3. The third kappa shape index (κ3) is 7.80. The van der Waals surface area contributed by atoms with Gasteiger partial charge >= 0.3 is 6.03 Å². The molecule has 0 bridgehead atoms.